The molecule has 1 saturated carbocycles. The summed E-state index contributed by atoms with van der Waals surface area (Å²) >= 11 is 0. The van der Waals surface area contributed by atoms with E-state index >= 15 is 0 Å². The van der Waals surface area contributed by atoms with Gasteiger partial charge in [-0.3, -0.25) is 0 Å². The van der Waals surface area contributed by atoms with Gasteiger partial charge in [-0.25, -0.2) is 4.39 Å². The molecule has 1 fully saturated rings. The molecule has 0 radical (unpaired) electrons. The summed E-state index contributed by atoms with van der Waals surface area (Å²) < 4.78 is 13.8. The van der Waals surface area contributed by atoms with Crippen LogP contribution in [-0.4, -0.2) is 24.3 Å². The first kappa shape index (κ1) is 14.3. The van der Waals surface area contributed by atoms with Crippen molar-refractivity contribution in [1.29, 1.82) is 0 Å². The smallest absolute Gasteiger partial charge is 0.146 e. The Labute approximate surface area is 115 Å². The topological polar surface area (TPSA) is 23.5 Å². The number of aliphatic hydroxyl groups is 1. The van der Waals surface area contributed by atoms with E-state index in [0.717, 1.165) is 12.8 Å². The van der Waals surface area contributed by atoms with Crippen LogP contribution in [0, 0.1) is 11.7 Å². The Kier molecular flexibility index (Phi) is 5.20. The van der Waals surface area contributed by atoms with E-state index in [2.05, 4.69) is 0 Å². The molecule has 1 aliphatic carbocycles. The van der Waals surface area contributed by atoms with Crippen LogP contribution >= 0.6 is 0 Å². The Hall–Kier alpha value is -1.09. The second-order valence-electron chi connectivity index (χ2n) is 5.46. The third kappa shape index (κ3) is 3.69. The van der Waals surface area contributed by atoms with Crippen LogP contribution in [-0.2, 0) is 0 Å². The molecule has 0 heterocycles. The van der Waals surface area contributed by atoms with E-state index in [-0.39, 0.29) is 11.9 Å². The molecule has 3 heteroatoms. The van der Waals surface area contributed by atoms with Crippen molar-refractivity contribution < 1.29 is 9.50 Å². The minimum atomic E-state index is -0.347. The maximum absolute atomic E-state index is 13.8. The predicted octanol–water partition coefficient (Wildman–Crippen LogP) is 3.59. The average Bonchev–Trinajstić information content (AvgIpc) is 2.46. The van der Waals surface area contributed by atoms with Crippen LogP contribution in [0.5, 0.6) is 0 Å². The number of hydrogen-bond acceptors (Lipinski definition) is 2. The second-order valence-corrected chi connectivity index (χ2v) is 5.46. The molecule has 2 nitrogen and oxygen atoms in total. The second kappa shape index (κ2) is 6.90. The lowest BCUT2D eigenvalue weighted by atomic mass is 9.85. The van der Waals surface area contributed by atoms with Gasteiger partial charge in [-0.05, 0) is 37.8 Å². The van der Waals surface area contributed by atoms with Crippen LogP contribution in [0.4, 0.5) is 10.1 Å². The van der Waals surface area contributed by atoms with E-state index in [1.165, 1.54) is 25.3 Å². The van der Waals surface area contributed by atoms with Crippen LogP contribution < -0.4 is 4.90 Å². The Balaban J connectivity index is 2.00. The van der Waals surface area contributed by atoms with Gasteiger partial charge < -0.3 is 10.0 Å². The fourth-order valence-corrected chi connectivity index (χ4v) is 3.00. The number of rotatable bonds is 5. The zero-order valence-corrected chi connectivity index (χ0v) is 11.7. The number of para-hydroxylation sites is 1. The third-order valence-corrected chi connectivity index (χ3v) is 4.18. The zero-order chi connectivity index (χ0) is 13.7. The average molecular weight is 265 g/mol. The van der Waals surface area contributed by atoms with Gasteiger partial charge in [0.05, 0.1) is 11.8 Å². The lowest BCUT2D eigenvalue weighted by molar-refractivity contribution is 0.0901. The molecular weight excluding hydrogens is 241 g/mol. The molecule has 0 aromatic heterocycles. The standard InChI is InChI=1S/C16H24FNO/c1-2-18(15-11-7-6-10-14(15)17)12-16(19)13-8-4-3-5-9-13/h6-7,10-11,13,16,19H,2-5,8-9,12H2,1H3. The SMILES string of the molecule is CCN(CC(O)C1CCCCC1)c1ccccc1F. The maximum atomic E-state index is 13.8. The summed E-state index contributed by atoms with van der Waals surface area (Å²) in [7, 11) is 0. The molecule has 0 spiro atoms. The summed E-state index contributed by atoms with van der Waals surface area (Å²) in [4.78, 5) is 1.94. The van der Waals surface area contributed by atoms with Crippen LogP contribution in [0.25, 0.3) is 0 Å². The van der Waals surface area contributed by atoms with Crippen molar-refractivity contribution in [3.8, 4) is 0 Å². The van der Waals surface area contributed by atoms with Gasteiger partial charge in [0, 0.05) is 13.1 Å². The van der Waals surface area contributed by atoms with Crippen molar-refractivity contribution >= 4 is 5.69 Å². The van der Waals surface area contributed by atoms with Crippen LogP contribution in [0.2, 0.25) is 0 Å². The molecule has 19 heavy (non-hydrogen) atoms. The monoisotopic (exact) mass is 265 g/mol. The number of likely N-dealkylation sites (N-methyl/N-ethyl adjacent to an activating group) is 1. The van der Waals surface area contributed by atoms with Crippen molar-refractivity contribution in [2.24, 2.45) is 5.92 Å². The van der Waals surface area contributed by atoms with Gasteiger partial charge in [0.1, 0.15) is 5.82 Å². The highest BCUT2D eigenvalue weighted by Gasteiger charge is 2.24. The number of anilines is 1. The Bertz CT molecular complexity index is 390. The summed E-state index contributed by atoms with van der Waals surface area (Å²) in [6, 6.07) is 6.80. The Morgan fingerprint density at radius 3 is 2.58 bits per heavy atom. The first-order chi connectivity index (χ1) is 9.22. The summed E-state index contributed by atoms with van der Waals surface area (Å²) in [6.45, 7) is 3.24. The van der Waals surface area contributed by atoms with Gasteiger partial charge in [-0.1, -0.05) is 31.4 Å². The zero-order valence-electron chi connectivity index (χ0n) is 11.7. The minimum absolute atomic E-state index is 0.208. The van der Waals surface area contributed by atoms with Crippen molar-refractivity contribution in [2.75, 3.05) is 18.0 Å². The highest BCUT2D eigenvalue weighted by atomic mass is 19.1. The molecule has 106 valence electrons. The van der Waals surface area contributed by atoms with Crippen LogP contribution in [0.1, 0.15) is 39.0 Å². The highest BCUT2D eigenvalue weighted by molar-refractivity contribution is 5.47. The van der Waals surface area contributed by atoms with Crippen LogP contribution in [0.3, 0.4) is 0 Å². The van der Waals surface area contributed by atoms with Crippen molar-refractivity contribution in [3.05, 3.63) is 30.1 Å². The van der Waals surface area contributed by atoms with E-state index in [4.69, 9.17) is 0 Å². The van der Waals surface area contributed by atoms with E-state index < -0.39 is 0 Å². The first-order valence-electron chi connectivity index (χ1n) is 7.40. The Morgan fingerprint density at radius 1 is 1.26 bits per heavy atom. The first-order valence-corrected chi connectivity index (χ1v) is 7.40. The van der Waals surface area contributed by atoms with Gasteiger partial charge in [-0.2, -0.15) is 0 Å². The summed E-state index contributed by atoms with van der Waals surface area (Å²) in [5, 5.41) is 10.4. The van der Waals surface area contributed by atoms with E-state index in [1.54, 1.807) is 12.1 Å². The summed E-state index contributed by atoms with van der Waals surface area (Å²) in [6.07, 6.45) is 5.58. The molecule has 0 amide bonds. The molecule has 1 aliphatic rings. The lowest BCUT2D eigenvalue weighted by Gasteiger charge is -2.32. The fraction of sp³-hybridized carbons (Fsp3) is 0.625. The molecule has 1 N–H and O–H groups in total. The molecule has 1 unspecified atom stereocenters. The molecule has 1 aromatic rings. The van der Waals surface area contributed by atoms with Gasteiger partial charge in [0.2, 0.25) is 0 Å². The van der Waals surface area contributed by atoms with Gasteiger partial charge in [0.25, 0.3) is 0 Å². The van der Waals surface area contributed by atoms with E-state index in [9.17, 15) is 9.50 Å². The number of benzene rings is 1. The maximum Gasteiger partial charge on any atom is 0.146 e. The number of aliphatic hydroxyl groups excluding tert-OH is 1. The predicted molar refractivity (Wildman–Crippen MR) is 76.9 cm³/mol. The lowest BCUT2D eigenvalue weighted by Crippen LogP contribution is -2.37. The van der Waals surface area contributed by atoms with E-state index in [0.29, 0.717) is 24.7 Å². The highest BCUT2D eigenvalue weighted by Crippen LogP contribution is 2.28. The molecule has 0 aliphatic heterocycles. The quantitative estimate of drug-likeness (QED) is 0.879. The van der Waals surface area contributed by atoms with Crippen molar-refractivity contribution in [3.63, 3.8) is 0 Å². The molecule has 1 atom stereocenters. The van der Waals surface area contributed by atoms with Gasteiger partial charge in [0.15, 0.2) is 0 Å². The molecule has 0 saturated heterocycles. The normalized spacial score (nSPS) is 18.3. The van der Waals surface area contributed by atoms with Gasteiger partial charge in [-0.15, -0.1) is 0 Å². The Morgan fingerprint density at radius 2 is 1.95 bits per heavy atom. The summed E-state index contributed by atoms with van der Waals surface area (Å²) in [5.74, 6) is 0.176. The molecule has 1 aromatic carbocycles. The van der Waals surface area contributed by atoms with Gasteiger partial charge >= 0.3 is 0 Å². The van der Waals surface area contributed by atoms with Crippen LogP contribution in [0.15, 0.2) is 24.3 Å². The molecule has 0 bridgehead atoms. The van der Waals surface area contributed by atoms with Crippen molar-refractivity contribution in [2.45, 2.75) is 45.1 Å². The third-order valence-electron chi connectivity index (χ3n) is 4.18. The number of hydrogen-bond donors (Lipinski definition) is 1. The molecule has 2 rings (SSSR count). The fourth-order valence-electron chi connectivity index (χ4n) is 3.00. The number of halogens is 1. The summed E-state index contributed by atoms with van der Waals surface area (Å²) in [5.41, 5.74) is 0.597. The largest absolute Gasteiger partial charge is 0.391 e. The van der Waals surface area contributed by atoms with Crippen molar-refractivity contribution in [1.82, 2.24) is 0 Å². The molecular formula is C16H24FNO. The number of nitrogens with zero attached hydrogens (tertiary/aromatic N) is 1. The minimum Gasteiger partial charge on any atom is -0.391 e. The van der Waals surface area contributed by atoms with E-state index in [1.807, 2.05) is 17.9 Å².